The molecule has 3 heterocycles. The number of nitrogens with zero attached hydrogens (tertiary/aromatic N) is 3. The number of likely N-dealkylation sites (tertiary alicyclic amines) is 1. The predicted molar refractivity (Wildman–Crippen MR) is 122 cm³/mol. The van der Waals surface area contributed by atoms with Gasteiger partial charge in [-0.25, -0.2) is 14.2 Å². The van der Waals surface area contributed by atoms with Crippen LogP contribution in [-0.2, 0) is 11.3 Å². The smallest absolute Gasteiger partial charge is 0.411 e. The third-order valence-corrected chi connectivity index (χ3v) is 6.49. The summed E-state index contributed by atoms with van der Waals surface area (Å²) in [5.41, 5.74) is 2.36. The first-order valence-electron chi connectivity index (χ1n) is 10.5. The number of hydrogen-bond acceptors (Lipinski definition) is 6. The van der Waals surface area contributed by atoms with Gasteiger partial charge in [-0.05, 0) is 79.4 Å². The van der Waals surface area contributed by atoms with E-state index >= 15 is 0 Å². The SMILES string of the molecule is COC(=O)Nc1ccc(F)c(C2CCN(Cc3ccc(Sc4ccncc4)nc3)CC2)c1. The fourth-order valence-corrected chi connectivity index (χ4v) is 4.60. The highest BCUT2D eigenvalue weighted by Crippen LogP contribution is 2.32. The van der Waals surface area contributed by atoms with Crippen LogP contribution in [0.2, 0.25) is 0 Å². The van der Waals surface area contributed by atoms with E-state index in [-0.39, 0.29) is 11.7 Å². The highest BCUT2D eigenvalue weighted by atomic mass is 32.2. The minimum absolute atomic E-state index is 0.128. The van der Waals surface area contributed by atoms with Crippen molar-refractivity contribution < 1.29 is 13.9 Å². The molecule has 0 aliphatic carbocycles. The minimum Gasteiger partial charge on any atom is -0.453 e. The van der Waals surface area contributed by atoms with Crippen LogP contribution in [0.15, 0.2) is 71.0 Å². The van der Waals surface area contributed by atoms with Crippen molar-refractivity contribution in [1.29, 1.82) is 0 Å². The molecular formula is C24H25FN4O2S. The summed E-state index contributed by atoms with van der Waals surface area (Å²) < 4.78 is 19.1. The summed E-state index contributed by atoms with van der Waals surface area (Å²) in [5, 5.41) is 3.56. The number of piperidine rings is 1. The van der Waals surface area contributed by atoms with Gasteiger partial charge in [0.05, 0.1) is 7.11 Å². The maximum Gasteiger partial charge on any atom is 0.411 e. The van der Waals surface area contributed by atoms with Gasteiger partial charge in [0.15, 0.2) is 0 Å². The fourth-order valence-electron chi connectivity index (χ4n) is 3.86. The zero-order chi connectivity index (χ0) is 22.3. The molecule has 1 aliphatic heterocycles. The molecule has 1 aliphatic rings. The Morgan fingerprint density at radius 3 is 2.66 bits per heavy atom. The molecule has 166 valence electrons. The van der Waals surface area contributed by atoms with Crippen LogP contribution in [-0.4, -0.2) is 41.2 Å². The van der Waals surface area contributed by atoms with Gasteiger partial charge in [0.2, 0.25) is 0 Å². The fraction of sp³-hybridized carbons (Fsp3) is 0.292. The lowest BCUT2D eigenvalue weighted by Gasteiger charge is -2.32. The lowest BCUT2D eigenvalue weighted by Crippen LogP contribution is -2.32. The summed E-state index contributed by atoms with van der Waals surface area (Å²) in [6.07, 6.45) is 6.65. The average Bonchev–Trinajstić information content (AvgIpc) is 2.83. The Morgan fingerprint density at radius 1 is 1.19 bits per heavy atom. The van der Waals surface area contributed by atoms with Gasteiger partial charge in [0.1, 0.15) is 10.8 Å². The topological polar surface area (TPSA) is 67.3 Å². The van der Waals surface area contributed by atoms with Gasteiger partial charge >= 0.3 is 6.09 Å². The summed E-state index contributed by atoms with van der Waals surface area (Å²) in [6, 6.07) is 12.8. The van der Waals surface area contributed by atoms with E-state index in [4.69, 9.17) is 0 Å². The summed E-state index contributed by atoms with van der Waals surface area (Å²) in [6.45, 7) is 2.59. The van der Waals surface area contributed by atoms with Crippen molar-refractivity contribution in [2.75, 3.05) is 25.5 Å². The van der Waals surface area contributed by atoms with Crippen LogP contribution in [0.25, 0.3) is 0 Å². The minimum atomic E-state index is -0.559. The number of amides is 1. The number of methoxy groups -OCH3 is 1. The van der Waals surface area contributed by atoms with Crippen molar-refractivity contribution >= 4 is 23.5 Å². The normalized spacial score (nSPS) is 14.8. The first-order valence-corrected chi connectivity index (χ1v) is 11.3. The van der Waals surface area contributed by atoms with Crippen LogP contribution in [0, 0.1) is 5.82 Å². The van der Waals surface area contributed by atoms with E-state index in [1.807, 2.05) is 24.4 Å². The summed E-state index contributed by atoms with van der Waals surface area (Å²) in [4.78, 5) is 23.5. The number of aromatic nitrogens is 2. The quantitative estimate of drug-likeness (QED) is 0.546. The first-order chi connectivity index (χ1) is 15.6. The van der Waals surface area contributed by atoms with Crippen LogP contribution >= 0.6 is 11.8 Å². The van der Waals surface area contributed by atoms with Crippen molar-refractivity contribution in [3.8, 4) is 0 Å². The molecule has 6 nitrogen and oxygen atoms in total. The molecule has 2 aromatic heterocycles. The van der Waals surface area contributed by atoms with E-state index in [1.165, 1.54) is 13.2 Å². The number of anilines is 1. The van der Waals surface area contributed by atoms with Gasteiger partial charge in [0, 0.05) is 35.7 Å². The molecule has 0 radical (unpaired) electrons. The maximum atomic E-state index is 14.4. The monoisotopic (exact) mass is 452 g/mol. The van der Waals surface area contributed by atoms with Gasteiger partial charge in [-0.2, -0.15) is 0 Å². The molecule has 4 rings (SSSR count). The lowest BCUT2D eigenvalue weighted by molar-refractivity contribution is 0.187. The second-order valence-electron chi connectivity index (χ2n) is 7.69. The third-order valence-electron chi connectivity index (χ3n) is 5.53. The van der Waals surface area contributed by atoms with Crippen molar-refractivity contribution in [2.24, 2.45) is 0 Å². The molecule has 0 spiro atoms. The van der Waals surface area contributed by atoms with Crippen molar-refractivity contribution in [2.45, 2.75) is 35.2 Å². The number of pyridine rings is 2. The molecule has 8 heteroatoms. The van der Waals surface area contributed by atoms with Crippen LogP contribution < -0.4 is 5.32 Å². The Hall–Kier alpha value is -2.97. The van der Waals surface area contributed by atoms with Crippen molar-refractivity contribution in [3.63, 3.8) is 0 Å². The van der Waals surface area contributed by atoms with Gasteiger partial charge in [-0.3, -0.25) is 15.2 Å². The molecule has 1 saturated heterocycles. The molecule has 1 fully saturated rings. The summed E-state index contributed by atoms with van der Waals surface area (Å²) >= 11 is 1.61. The number of benzene rings is 1. The first kappa shape index (κ1) is 22.2. The van der Waals surface area contributed by atoms with Crippen molar-refractivity contribution in [3.05, 3.63) is 78.0 Å². The molecule has 1 N–H and O–H groups in total. The highest BCUT2D eigenvalue weighted by Gasteiger charge is 2.23. The molecule has 0 bridgehead atoms. The number of hydrogen-bond donors (Lipinski definition) is 1. The Kier molecular flexibility index (Phi) is 7.34. The van der Waals surface area contributed by atoms with E-state index in [0.717, 1.165) is 48.0 Å². The van der Waals surface area contributed by atoms with E-state index in [0.29, 0.717) is 11.3 Å². The predicted octanol–water partition coefficient (Wildman–Crippen LogP) is 5.32. The standard InChI is InChI=1S/C24H25FN4O2S/c1-31-24(30)28-19-3-4-22(25)21(14-19)18-8-12-29(13-9-18)16-17-2-5-23(27-15-17)32-20-6-10-26-11-7-20/h2-7,10-11,14-15,18H,8-9,12-13,16H2,1H3,(H,28,30). The van der Waals surface area contributed by atoms with E-state index in [1.54, 1.807) is 36.3 Å². The zero-order valence-electron chi connectivity index (χ0n) is 17.8. The molecular weight excluding hydrogens is 427 g/mol. The zero-order valence-corrected chi connectivity index (χ0v) is 18.6. The molecule has 0 saturated carbocycles. The maximum absolute atomic E-state index is 14.4. The van der Waals surface area contributed by atoms with Crippen LogP contribution in [0.1, 0.15) is 29.9 Å². The van der Waals surface area contributed by atoms with Crippen LogP contribution in [0.4, 0.5) is 14.9 Å². The third kappa shape index (κ3) is 5.83. The van der Waals surface area contributed by atoms with E-state index < -0.39 is 6.09 Å². The highest BCUT2D eigenvalue weighted by molar-refractivity contribution is 7.99. The molecule has 0 atom stereocenters. The number of rotatable bonds is 6. The Morgan fingerprint density at radius 2 is 1.97 bits per heavy atom. The van der Waals surface area contributed by atoms with Crippen LogP contribution in [0.5, 0.6) is 0 Å². The molecule has 1 aromatic carbocycles. The lowest BCUT2D eigenvalue weighted by atomic mass is 9.88. The number of halogens is 1. The summed E-state index contributed by atoms with van der Waals surface area (Å²) in [5.74, 6) is -0.103. The molecule has 1 amide bonds. The molecule has 0 unspecified atom stereocenters. The molecule has 32 heavy (non-hydrogen) atoms. The van der Waals surface area contributed by atoms with Gasteiger partial charge in [-0.15, -0.1) is 0 Å². The second-order valence-corrected chi connectivity index (χ2v) is 8.79. The Balaban J connectivity index is 1.31. The van der Waals surface area contributed by atoms with Gasteiger partial charge in [0.25, 0.3) is 0 Å². The number of carbonyl (C=O) groups is 1. The van der Waals surface area contributed by atoms with E-state index in [9.17, 15) is 9.18 Å². The average molecular weight is 453 g/mol. The van der Waals surface area contributed by atoms with Crippen LogP contribution in [0.3, 0.4) is 0 Å². The molecule has 3 aromatic rings. The van der Waals surface area contributed by atoms with Gasteiger partial charge in [-0.1, -0.05) is 17.8 Å². The summed E-state index contributed by atoms with van der Waals surface area (Å²) in [7, 11) is 1.30. The Labute approximate surface area is 191 Å². The number of carbonyl (C=O) groups excluding carboxylic acids is 1. The van der Waals surface area contributed by atoms with Gasteiger partial charge < -0.3 is 4.74 Å². The largest absolute Gasteiger partial charge is 0.453 e. The number of nitrogens with one attached hydrogen (secondary N) is 1. The Bertz CT molecular complexity index is 1040. The second kappa shape index (κ2) is 10.6. The van der Waals surface area contributed by atoms with Crippen molar-refractivity contribution in [1.82, 2.24) is 14.9 Å². The number of ether oxygens (including phenoxy) is 1. The van der Waals surface area contributed by atoms with E-state index in [2.05, 4.69) is 31.0 Å².